The zero-order chi connectivity index (χ0) is 19.6. The van der Waals surface area contributed by atoms with Crippen LogP contribution in [0.5, 0.6) is 0 Å². The molecule has 1 amide bonds. The molecular formula is C21H20ClNO4. The molecule has 1 atom stereocenters. The second kappa shape index (κ2) is 7.92. The second-order valence-corrected chi connectivity index (χ2v) is 7.17. The predicted molar refractivity (Wildman–Crippen MR) is 103 cm³/mol. The molecule has 0 spiro atoms. The highest BCUT2D eigenvalue weighted by Crippen LogP contribution is 2.29. The standard InChI is InChI=1S/C21H20ClNO4/c1-13-3-4-14(2)18(9-13)23-11-16(10-20(23)25)21(26)27-12-19(24)15-5-7-17(22)8-6-15/h3-9,16H,10-12H2,1-2H3/t16-/m0/s1. The third-order valence-corrected chi connectivity index (χ3v) is 4.88. The molecule has 1 aliphatic heterocycles. The summed E-state index contributed by atoms with van der Waals surface area (Å²) in [5.74, 6) is -1.53. The van der Waals surface area contributed by atoms with Crippen molar-refractivity contribution in [1.29, 1.82) is 0 Å². The number of rotatable bonds is 5. The molecule has 0 radical (unpaired) electrons. The van der Waals surface area contributed by atoms with Crippen LogP contribution in [0.25, 0.3) is 0 Å². The molecule has 0 saturated carbocycles. The van der Waals surface area contributed by atoms with Gasteiger partial charge in [0.05, 0.1) is 5.92 Å². The van der Waals surface area contributed by atoms with Gasteiger partial charge in [0.1, 0.15) is 0 Å². The maximum Gasteiger partial charge on any atom is 0.311 e. The van der Waals surface area contributed by atoms with Gasteiger partial charge >= 0.3 is 5.97 Å². The highest BCUT2D eigenvalue weighted by Gasteiger charge is 2.36. The number of ether oxygens (including phenoxy) is 1. The van der Waals surface area contributed by atoms with E-state index in [1.807, 2.05) is 32.0 Å². The van der Waals surface area contributed by atoms with Crippen LogP contribution in [-0.2, 0) is 14.3 Å². The summed E-state index contributed by atoms with van der Waals surface area (Å²) in [6.07, 6.45) is 0.0847. The van der Waals surface area contributed by atoms with Gasteiger partial charge in [-0.15, -0.1) is 0 Å². The number of carbonyl (C=O) groups excluding carboxylic acids is 3. The highest BCUT2D eigenvalue weighted by atomic mass is 35.5. The third-order valence-electron chi connectivity index (χ3n) is 4.63. The molecule has 0 N–H and O–H groups in total. The summed E-state index contributed by atoms with van der Waals surface area (Å²) < 4.78 is 5.16. The molecule has 2 aromatic rings. The smallest absolute Gasteiger partial charge is 0.311 e. The number of ketones is 1. The number of carbonyl (C=O) groups is 3. The van der Waals surface area contributed by atoms with E-state index in [-0.39, 0.29) is 31.3 Å². The first-order valence-electron chi connectivity index (χ1n) is 8.68. The minimum absolute atomic E-state index is 0.0847. The minimum Gasteiger partial charge on any atom is -0.457 e. The van der Waals surface area contributed by atoms with E-state index in [0.717, 1.165) is 16.8 Å². The van der Waals surface area contributed by atoms with E-state index < -0.39 is 11.9 Å². The molecule has 27 heavy (non-hydrogen) atoms. The van der Waals surface area contributed by atoms with Crippen molar-refractivity contribution >= 4 is 34.9 Å². The summed E-state index contributed by atoms with van der Waals surface area (Å²) in [6, 6.07) is 12.2. The molecule has 0 aliphatic carbocycles. The molecule has 0 bridgehead atoms. The number of anilines is 1. The molecule has 140 valence electrons. The lowest BCUT2D eigenvalue weighted by molar-refractivity contribution is -0.147. The van der Waals surface area contributed by atoms with E-state index in [1.165, 1.54) is 0 Å². The second-order valence-electron chi connectivity index (χ2n) is 6.73. The summed E-state index contributed by atoms with van der Waals surface area (Å²) in [5.41, 5.74) is 3.25. The number of halogens is 1. The van der Waals surface area contributed by atoms with Crippen molar-refractivity contribution in [3.63, 3.8) is 0 Å². The Morgan fingerprint density at radius 2 is 1.85 bits per heavy atom. The first kappa shape index (κ1) is 19.1. The molecule has 1 heterocycles. The lowest BCUT2D eigenvalue weighted by atomic mass is 10.1. The normalized spacial score (nSPS) is 16.5. The lowest BCUT2D eigenvalue weighted by Gasteiger charge is -2.19. The van der Waals surface area contributed by atoms with Crippen molar-refractivity contribution in [2.24, 2.45) is 5.92 Å². The fraction of sp³-hybridized carbons (Fsp3) is 0.286. The van der Waals surface area contributed by atoms with E-state index in [0.29, 0.717) is 10.6 Å². The zero-order valence-corrected chi connectivity index (χ0v) is 16.0. The average Bonchev–Trinajstić information content (AvgIpc) is 3.03. The van der Waals surface area contributed by atoms with E-state index in [4.69, 9.17) is 16.3 Å². The third kappa shape index (κ3) is 4.37. The molecular weight excluding hydrogens is 366 g/mol. The Hall–Kier alpha value is -2.66. The van der Waals surface area contributed by atoms with Crippen molar-refractivity contribution in [3.05, 3.63) is 64.2 Å². The molecule has 6 heteroatoms. The fourth-order valence-electron chi connectivity index (χ4n) is 3.08. The van der Waals surface area contributed by atoms with Gasteiger partial charge in [0.2, 0.25) is 5.91 Å². The van der Waals surface area contributed by atoms with Gasteiger partial charge in [-0.1, -0.05) is 23.7 Å². The number of aryl methyl sites for hydroxylation is 2. The maximum absolute atomic E-state index is 12.4. The molecule has 0 unspecified atom stereocenters. The summed E-state index contributed by atoms with van der Waals surface area (Å²) in [5, 5.41) is 0.527. The first-order valence-corrected chi connectivity index (χ1v) is 9.06. The Bertz CT molecular complexity index is 892. The number of benzene rings is 2. The number of nitrogens with zero attached hydrogens (tertiary/aromatic N) is 1. The van der Waals surface area contributed by atoms with Crippen LogP contribution in [0.3, 0.4) is 0 Å². The summed E-state index contributed by atoms with van der Waals surface area (Å²) in [7, 11) is 0. The summed E-state index contributed by atoms with van der Waals surface area (Å²) >= 11 is 5.80. The van der Waals surface area contributed by atoms with Gasteiger partial charge in [-0.2, -0.15) is 0 Å². The average molecular weight is 386 g/mol. The van der Waals surface area contributed by atoms with Crippen LogP contribution >= 0.6 is 11.6 Å². The van der Waals surface area contributed by atoms with Crippen LogP contribution < -0.4 is 4.90 Å². The number of hydrogen-bond donors (Lipinski definition) is 0. The number of esters is 1. The van der Waals surface area contributed by atoms with E-state index >= 15 is 0 Å². The molecule has 1 saturated heterocycles. The molecule has 1 aliphatic rings. The van der Waals surface area contributed by atoms with Gasteiger partial charge in [0, 0.05) is 29.2 Å². The van der Waals surface area contributed by atoms with Gasteiger partial charge in [-0.05, 0) is 55.3 Å². The molecule has 5 nitrogen and oxygen atoms in total. The number of amides is 1. The predicted octanol–water partition coefficient (Wildman–Crippen LogP) is 3.74. The van der Waals surface area contributed by atoms with Gasteiger partial charge < -0.3 is 9.64 Å². The minimum atomic E-state index is -0.574. The van der Waals surface area contributed by atoms with E-state index in [2.05, 4.69) is 0 Å². The maximum atomic E-state index is 12.4. The van der Waals surface area contributed by atoms with Gasteiger partial charge in [0.25, 0.3) is 0 Å². The van der Waals surface area contributed by atoms with Crippen LogP contribution in [0.2, 0.25) is 5.02 Å². The molecule has 2 aromatic carbocycles. The van der Waals surface area contributed by atoms with Crippen LogP contribution in [0, 0.1) is 19.8 Å². The van der Waals surface area contributed by atoms with Crippen molar-refractivity contribution in [1.82, 2.24) is 0 Å². The summed E-state index contributed by atoms with van der Waals surface area (Å²) in [4.78, 5) is 38.4. The van der Waals surface area contributed by atoms with Gasteiger partial charge in [-0.3, -0.25) is 14.4 Å². The largest absolute Gasteiger partial charge is 0.457 e. The monoisotopic (exact) mass is 385 g/mol. The number of Topliss-reactive ketones (excluding diaryl/α,β-unsaturated/α-hetero) is 1. The highest BCUT2D eigenvalue weighted by molar-refractivity contribution is 6.30. The van der Waals surface area contributed by atoms with Crippen LogP contribution in [0.15, 0.2) is 42.5 Å². The first-order chi connectivity index (χ1) is 12.8. The molecule has 0 aromatic heterocycles. The Morgan fingerprint density at radius 3 is 2.56 bits per heavy atom. The van der Waals surface area contributed by atoms with Gasteiger partial charge in [0.15, 0.2) is 12.4 Å². The Labute approximate surface area is 162 Å². The Balaban J connectivity index is 1.61. The summed E-state index contributed by atoms with van der Waals surface area (Å²) in [6.45, 7) is 3.79. The van der Waals surface area contributed by atoms with E-state index in [1.54, 1.807) is 29.2 Å². The Morgan fingerprint density at radius 1 is 1.15 bits per heavy atom. The molecule has 3 rings (SSSR count). The lowest BCUT2D eigenvalue weighted by Crippen LogP contribution is -2.27. The quantitative estimate of drug-likeness (QED) is 0.581. The van der Waals surface area contributed by atoms with Crippen molar-refractivity contribution in [2.45, 2.75) is 20.3 Å². The Kier molecular flexibility index (Phi) is 5.61. The van der Waals surface area contributed by atoms with Gasteiger partial charge in [-0.25, -0.2) is 0 Å². The van der Waals surface area contributed by atoms with Crippen molar-refractivity contribution in [3.8, 4) is 0 Å². The topological polar surface area (TPSA) is 63.7 Å². The van der Waals surface area contributed by atoms with Crippen molar-refractivity contribution in [2.75, 3.05) is 18.1 Å². The van der Waals surface area contributed by atoms with Crippen LogP contribution in [0.4, 0.5) is 5.69 Å². The molecule has 1 fully saturated rings. The van der Waals surface area contributed by atoms with Crippen molar-refractivity contribution < 1.29 is 19.1 Å². The zero-order valence-electron chi connectivity index (χ0n) is 15.2. The fourth-order valence-corrected chi connectivity index (χ4v) is 3.21. The van der Waals surface area contributed by atoms with Crippen LogP contribution in [0.1, 0.15) is 27.9 Å². The SMILES string of the molecule is Cc1ccc(C)c(N2C[C@@H](C(=O)OCC(=O)c3ccc(Cl)cc3)CC2=O)c1. The van der Waals surface area contributed by atoms with E-state index in [9.17, 15) is 14.4 Å². The number of hydrogen-bond acceptors (Lipinski definition) is 4. The van der Waals surface area contributed by atoms with Crippen LogP contribution in [-0.4, -0.2) is 30.8 Å².